The van der Waals surface area contributed by atoms with Gasteiger partial charge in [0.25, 0.3) is 5.91 Å². The summed E-state index contributed by atoms with van der Waals surface area (Å²) in [6, 6.07) is 5.40. The molecule has 0 spiro atoms. The third-order valence-corrected chi connectivity index (χ3v) is 3.79. The van der Waals surface area contributed by atoms with Crippen LogP contribution in [-0.2, 0) is 0 Å². The Bertz CT molecular complexity index is 395. The summed E-state index contributed by atoms with van der Waals surface area (Å²) in [6.07, 6.45) is 4.73. The zero-order valence-electron chi connectivity index (χ0n) is 10.6. The van der Waals surface area contributed by atoms with Crippen LogP contribution in [0.5, 0.6) is 0 Å². The van der Waals surface area contributed by atoms with Gasteiger partial charge in [0.15, 0.2) is 0 Å². The fraction of sp³-hybridized carbons (Fsp3) is 0.500. The number of carbonyl (C=O) groups is 1. The molecule has 18 heavy (non-hydrogen) atoms. The molecule has 0 heterocycles. The number of hydrogen-bond donors (Lipinski definition) is 1. The van der Waals surface area contributed by atoms with Gasteiger partial charge in [-0.25, -0.2) is 0 Å². The van der Waals surface area contributed by atoms with Crippen molar-refractivity contribution in [3.05, 3.63) is 34.3 Å². The molecular weight excluding hydrogens is 361 g/mol. The predicted octanol–water partition coefficient (Wildman–Crippen LogP) is 4.37. The van der Waals surface area contributed by atoms with Crippen LogP contribution in [0.25, 0.3) is 0 Å². The lowest BCUT2D eigenvalue weighted by molar-refractivity contribution is 0.0952. The van der Waals surface area contributed by atoms with Crippen LogP contribution in [0, 0.1) is 6.92 Å². The van der Waals surface area contributed by atoms with Crippen LogP contribution in [0.3, 0.4) is 0 Å². The van der Waals surface area contributed by atoms with Crippen molar-refractivity contribution in [2.24, 2.45) is 0 Å². The van der Waals surface area contributed by atoms with Crippen molar-refractivity contribution in [2.45, 2.75) is 32.6 Å². The number of unbranched alkanes of at least 4 members (excludes halogenated alkanes) is 3. The van der Waals surface area contributed by atoms with E-state index in [9.17, 15) is 4.79 Å². The normalized spacial score (nSPS) is 10.4. The first-order chi connectivity index (χ1) is 8.65. The van der Waals surface area contributed by atoms with Gasteiger partial charge in [0.05, 0.1) is 0 Å². The Kier molecular flexibility index (Phi) is 7.66. The van der Waals surface area contributed by atoms with Gasteiger partial charge in [-0.3, -0.25) is 4.79 Å². The number of carbonyl (C=O) groups excluding carboxylic acids is 1. The average molecular weight is 380 g/mol. The molecule has 100 valence electrons. The summed E-state index contributed by atoms with van der Waals surface area (Å²) < 4.78 is 1.21. The van der Waals surface area contributed by atoms with Crippen molar-refractivity contribution < 1.29 is 4.79 Å². The standard InChI is InChI=1S/C14H19ClINO/c1-11-6-7-12(15)10-13(11)14(18)17-9-5-3-2-4-8-16/h6-7,10H,2-5,8-9H2,1H3,(H,17,18). The maximum Gasteiger partial charge on any atom is 0.251 e. The zero-order valence-corrected chi connectivity index (χ0v) is 13.6. The van der Waals surface area contributed by atoms with Crippen LogP contribution in [0.1, 0.15) is 41.6 Å². The molecule has 1 aromatic rings. The summed E-state index contributed by atoms with van der Waals surface area (Å²) in [5.41, 5.74) is 1.64. The molecule has 1 amide bonds. The van der Waals surface area contributed by atoms with E-state index in [-0.39, 0.29) is 5.91 Å². The Morgan fingerprint density at radius 3 is 2.72 bits per heavy atom. The molecule has 0 aliphatic carbocycles. The van der Waals surface area contributed by atoms with Crippen LogP contribution < -0.4 is 5.32 Å². The summed E-state index contributed by atoms with van der Waals surface area (Å²) in [7, 11) is 0. The van der Waals surface area contributed by atoms with Gasteiger partial charge in [0, 0.05) is 17.1 Å². The second-order valence-electron chi connectivity index (χ2n) is 4.32. The maximum absolute atomic E-state index is 11.9. The molecule has 0 unspecified atom stereocenters. The predicted molar refractivity (Wildman–Crippen MR) is 85.9 cm³/mol. The molecule has 2 nitrogen and oxygen atoms in total. The van der Waals surface area contributed by atoms with E-state index in [0.29, 0.717) is 10.6 Å². The Morgan fingerprint density at radius 2 is 2.00 bits per heavy atom. The molecule has 0 bridgehead atoms. The first-order valence-corrected chi connectivity index (χ1v) is 8.16. The van der Waals surface area contributed by atoms with Gasteiger partial charge in [-0.05, 0) is 41.9 Å². The second kappa shape index (κ2) is 8.75. The van der Waals surface area contributed by atoms with Crippen LogP contribution in [0.2, 0.25) is 5.02 Å². The number of aryl methyl sites for hydroxylation is 1. The number of alkyl halides is 1. The van der Waals surface area contributed by atoms with E-state index in [0.717, 1.165) is 18.5 Å². The fourth-order valence-corrected chi connectivity index (χ4v) is 2.42. The number of nitrogens with one attached hydrogen (secondary N) is 1. The summed E-state index contributed by atoms with van der Waals surface area (Å²) >= 11 is 8.29. The highest BCUT2D eigenvalue weighted by atomic mass is 127. The first-order valence-electron chi connectivity index (χ1n) is 6.25. The highest BCUT2D eigenvalue weighted by molar-refractivity contribution is 14.1. The van der Waals surface area contributed by atoms with Crippen LogP contribution in [0.4, 0.5) is 0 Å². The molecule has 0 fully saturated rings. The Labute approximate surface area is 128 Å². The van der Waals surface area contributed by atoms with Gasteiger partial charge in [-0.2, -0.15) is 0 Å². The van der Waals surface area contributed by atoms with Crippen molar-refractivity contribution in [3.63, 3.8) is 0 Å². The molecule has 1 N–H and O–H groups in total. The Morgan fingerprint density at radius 1 is 1.28 bits per heavy atom. The topological polar surface area (TPSA) is 29.1 Å². The van der Waals surface area contributed by atoms with Gasteiger partial charge >= 0.3 is 0 Å². The summed E-state index contributed by atoms with van der Waals surface area (Å²) in [6.45, 7) is 2.66. The third kappa shape index (κ3) is 5.57. The van der Waals surface area contributed by atoms with E-state index < -0.39 is 0 Å². The van der Waals surface area contributed by atoms with Gasteiger partial charge in [0.2, 0.25) is 0 Å². The zero-order chi connectivity index (χ0) is 13.4. The third-order valence-electron chi connectivity index (χ3n) is 2.79. The average Bonchev–Trinajstić information content (AvgIpc) is 2.36. The summed E-state index contributed by atoms with van der Waals surface area (Å²) in [5, 5.41) is 3.55. The van der Waals surface area contributed by atoms with Crippen LogP contribution in [0.15, 0.2) is 18.2 Å². The van der Waals surface area contributed by atoms with Crippen LogP contribution >= 0.6 is 34.2 Å². The monoisotopic (exact) mass is 379 g/mol. The minimum absolute atomic E-state index is 0.0242. The largest absolute Gasteiger partial charge is 0.352 e. The van der Waals surface area contributed by atoms with E-state index in [2.05, 4.69) is 27.9 Å². The van der Waals surface area contributed by atoms with Crippen molar-refractivity contribution in [1.29, 1.82) is 0 Å². The lowest BCUT2D eigenvalue weighted by atomic mass is 10.1. The molecule has 0 atom stereocenters. The highest BCUT2D eigenvalue weighted by Crippen LogP contribution is 2.15. The first kappa shape index (κ1) is 15.8. The van der Waals surface area contributed by atoms with E-state index >= 15 is 0 Å². The summed E-state index contributed by atoms with van der Waals surface area (Å²) in [4.78, 5) is 11.9. The van der Waals surface area contributed by atoms with Gasteiger partial charge in [0.1, 0.15) is 0 Å². The van der Waals surface area contributed by atoms with Crippen LogP contribution in [-0.4, -0.2) is 16.9 Å². The Hall–Kier alpha value is -0.290. The van der Waals surface area contributed by atoms with E-state index in [4.69, 9.17) is 11.6 Å². The fourth-order valence-electron chi connectivity index (χ4n) is 1.71. The van der Waals surface area contributed by atoms with E-state index in [1.54, 1.807) is 12.1 Å². The van der Waals surface area contributed by atoms with E-state index in [1.807, 2.05) is 13.0 Å². The van der Waals surface area contributed by atoms with Crippen molar-refractivity contribution in [1.82, 2.24) is 5.32 Å². The quantitative estimate of drug-likeness (QED) is 0.425. The van der Waals surface area contributed by atoms with Crippen molar-refractivity contribution >= 4 is 40.1 Å². The number of hydrogen-bond acceptors (Lipinski definition) is 1. The number of rotatable bonds is 7. The second-order valence-corrected chi connectivity index (χ2v) is 5.83. The Balaban J connectivity index is 2.34. The highest BCUT2D eigenvalue weighted by Gasteiger charge is 2.08. The minimum atomic E-state index is -0.0242. The minimum Gasteiger partial charge on any atom is -0.352 e. The van der Waals surface area contributed by atoms with Crippen molar-refractivity contribution in [2.75, 3.05) is 11.0 Å². The van der Waals surface area contributed by atoms with E-state index in [1.165, 1.54) is 23.7 Å². The molecule has 0 aliphatic heterocycles. The molecule has 1 aromatic carbocycles. The number of halogens is 2. The summed E-state index contributed by atoms with van der Waals surface area (Å²) in [5.74, 6) is -0.0242. The lowest BCUT2D eigenvalue weighted by Crippen LogP contribution is -2.25. The van der Waals surface area contributed by atoms with Crippen molar-refractivity contribution in [3.8, 4) is 0 Å². The van der Waals surface area contributed by atoms with Gasteiger partial charge in [-0.15, -0.1) is 0 Å². The number of amides is 1. The smallest absolute Gasteiger partial charge is 0.251 e. The van der Waals surface area contributed by atoms with Gasteiger partial charge < -0.3 is 5.32 Å². The molecular formula is C14H19ClINO. The molecule has 0 radical (unpaired) electrons. The molecule has 0 aliphatic rings. The molecule has 4 heteroatoms. The van der Waals surface area contributed by atoms with Gasteiger partial charge in [-0.1, -0.05) is 53.1 Å². The SMILES string of the molecule is Cc1ccc(Cl)cc1C(=O)NCCCCCCI. The number of benzene rings is 1. The molecule has 0 saturated heterocycles. The molecule has 0 aromatic heterocycles. The molecule has 1 rings (SSSR count). The molecule has 0 saturated carbocycles. The lowest BCUT2D eigenvalue weighted by Gasteiger charge is -2.08. The maximum atomic E-state index is 11.9.